The monoisotopic (exact) mass is 264 g/mol. The molecule has 0 aromatic carbocycles. The molecule has 1 N–H and O–H groups in total. The average molecular weight is 265 g/mol. The van der Waals surface area contributed by atoms with Gasteiger partial charge in [-0.3, -0.25) is 0 Å². The summed E-state index contributed by atoms with van der Waals surface area (Å²) in [7, 11) is 0. The topological polar surface area (TPSA) is 41.6 Å². The van der Waals surface area contributed by atoms with Crippen LogP contribution in [0.2, 0.25) is 0 Å². The summed E-state index contributed by atoms with van der Waals surface area (Å²) in [6.07, 6.45) is 1.86. The molecule has 1 amide bonds. The van der Waals surface area contributed by atoms with E-state index in [1.807, 2.05) is 20.8 Å². The summed E-state index contributed by atoms with van der Waals surface area (Å²) < 4.78 is 5.34. The fraction of sp³-hybridized carbons (Fsp3) is 0.917. The quantitative estimate of drug-likeness (QED) is 0.833. The Bertz CT molecular complexity index is 233. The van der Waals surface area contributed by atoms with E-state index in [9.17, 15) is 4.79 Å². The molecule has 102 valence electrons. The van der Waals surface area contributed by atoms with Crippen molar-refractivity contribution in [1.29, 1.82) is 0 Å². The number of hydrogen-bond donors (Lipinski definition) is 1. The van der Waals surface area contributed by atoms with Crippen LogP contribution < -0.4 is 5.32 Å². The highest BCUT2D eigenvalue weighted by Crippen LogP contribution is 2.15. The molecule has 1 aliphatic rings. The zero-order valence-corrected chi connectivity index (χ0v) is 12.1. The average Bonchev–Trinajstić information content (AvgIpc) is 2.16. The molecule has 0 unspecified atom stereocenters. The van der Waals surface area contributed by atoms with E-state index in [0.29, 0.717) is 6.04 Å². The molecular weight excluding hydrogens is 240 g/mol. The van der Waals surface area contributed by atoms with Crippen LogP contribution in [0.25, 0.3) is 0 Å². The van der Waals surface area contributed by atoms with E-state index in [0.717, 1.165) is 32.5 Å². The Hall–Kier alpha value is -0.480. The van der Waals surface area contributed by atoms with Crippen LogP contribution in [-0.2, 0) is 4.74 Å². The number of hydrogen-bond acceptors (Lipinski definition) is 3. The Kier molecular flexibility index (Phi) is 6.87. The van der Waals surface area contributed by atoms with Crippen LogP contribution >= 0.6 is 12.4 Å². The van der Waals surface area contributed by atoms with Gasteiger partial charge in [0.05, 0.1) is 0 Å². The van der Waals surface area contributed by atoms with Crippen LogP contribution in [-0.4, -0.2) is 42.3 Å². The van der Waals surface area contributed by atoms with Gasteiger partial charge in [-0.05, 0) is 40.2 Å². The summed E-state index contributed by atoms with van der Waals surface area (Å²) >= 11 is 0. The summed E-state index contributed by atoms with van der Waals surface area (Å²) in [6.45, 7) is 10.4. The van der Waals surface area contributed by atoms with Crippen molar-refractivity contribution < 1.29 is 9.53 Å². The Labute approximate surface area is 110 Å². The van der Waals surface area contributed by atoms with E-state index in [-0.39, 0.29) is 18.5 Å². The third-order valence-corrected chi connectivity index (χ3v) is 2.64. The number of carbonyl (C=O) groups is 1. The lowest BCUT2D eigenvalue weighted by molar-refractivity contribution is 0.0199. The lowest BCUT2D eigenvalue weighted by atomic mass is 10.1. The molecular formula is C12H25ClN2O2. The zero-order valence-electron chi connectivity index (χ0n) is 11.3. The highest BCUT2D eigenvalue weighted by Gasteiger charge is 2.26. The van der Waals surface area contributed by atoms with Crippen LogP contribution in [0.5, 0.6) is 0 Å². The van der Waals surface area contributed by atoms with Gasteiger partial charge < -0.3 is 15.0 Å². The Morgan fingerprint density at radius 1 is 1.35 bits per heavy atom. The SMILES string of the molecule is CCNC1CCN(C(=O)OC(C)(C)C)CC1.Cl. The van der Waals surface area contributed by atoms with Crippen molar-refractivity contribution in [3.63, 3.8) is 0 Å². The van der Waals surface area contributed by atoms with Gasteiger partial charge in [-0.2, -0.15) is 0 Å². The van der Waals surface area contributed by atoms with Crippen molar-refractivity contribution in [3.8, 4) is 0 Å². The van der Waals surface area contributed by atoms with Crippen molar-refractivity contribution >= 4 is 18.5 Å². The lowest BCUT2D eigenvalue weighted by Gasteiger charge is -2.33. The lowest BCUT2D eigenvalue weighted by Crippen LogP contribution is -2.46. The van der Waals surface area contributed by atoms with Gasteiger partial charge >= 0.3 is 6.09 Å². The van der Waals surface area contributed by atoms with Crippen LogP contribution in [0.15, 0.2) is 0 Å². The van der Waals surface area contributed by atoms with Gasteiger partial charge in [-0.1, -0.05) is 6.92 Å². The van der Waals surface area contributed by atoms with E-state index in [2.05, 4.69) is 12.2 Å². The van der Waals surface area contributed by atoms with E-state index in [1.165, 1.54) is 0 Å². The van der Waals surface area contributed by atoms with Crippen molar-refractivity contribution in [2.75, 3.05) is 19.6 Å². The number of nitrogens with one attached hydrogen (secondary N) is 1. The predicted octanol–water partition coefficient (Wildman–Crippen LogP) is 2.42. The van der Waals surface area contributed by atoms with E-state index >= 15 is 0 Å². The third kappa shape index (κ3) is 6.13. The molecule has 0 spiro atoms. The molecule has 0 aliphatic carbocycles. The zero-order chi connectivity index (χ0) is 12.2. The number of amides is 1. The van der Waals surface area contributed by atoms with Gasteiger partial charge in [0.15, 0.2) is 0 Å². The molecule has 0 aromatic heterocycles. The van der Waals surface area contributed by atoms with Crippen LogP contribution in [0.4, 0.5) is 4.79 Å². The van der Waals surface area contributed by atoms with Gasteiger partial charge in [0.1, 0.15) is 5.60 Å². The smallest absolute Gasteiger partial charge is 0.410 e. The maximum Gasteiger partial charge on any atom is 0.410 e. The summed E-state index contributed by atoms with van der Waals surface area (Å²) in [5, 5.41) is 3.41. The maximum absolute atomic E-state index is 11.8. The van der Waals surface area contributed by atoms with E-state index in [1.54, 1.807) is 4.90 Å². The fourth-order valence-electron chi connectivity index (χ4n) is 1.88. The van der Waals surface area contributed by atoms with Crippen molar-refractivity contribution in [3.05, 3.63) is 0 Å². The molecule has 1 saturated heterocycles. The number of carbonyl (C=O) groups excluding carboxylic acids is 1. The molecule has 0 saturated carbocycles. The second-order valence-corrected chi connectivity index (χ2v) is 5.30. The van der Waals surface area contributed by atoms with Crippen LogP contribution in [0.1, 0.15) is 40.5 Å². The number of nitrogens with zero attached hydrogens (tertiary/aromatic N) is 1. The first-order chi connectivity index (χ1) is 7.42. The Morgan fingerprint density at radius 2 is 1.88 bits per heavy atom. The normalized spacial score (nSPS) is 17.5. The molecule has 5 heteroatoms. The second-order valence-electron chi connectivity index (χ2n) is 5.30. The molecule has 0 atom stereocenters. The molecule has 17 heavy (non-hydrogen) atoms. The highest BCUT2D eigenvalue weighted by molar-refractivity contribution is 5.85. The summed E-state index contributed by atoms with van der Waals surface area (Å²) in [6, 6.07) is 0.559. The number of halogens is 1. The predicted molar refractivity (Wildman–Crippen MR) is 71.8 cm³/mol. The van der Waals surface area contributed by atoms with Gasteiger partial charge in [0.2, 0.25) is 0 Å². The molecule has 0 radical (unpaired) electrons. The number of rotatable bonds is 2. The molecule has 1 aliphatic heterocycles. The first-order valence-corrected chi connectivity index (χ1v) is 6.13. The number of ether oxygens (including phenoxy) is 1. The Balaban J connectivity index is 0.00000256. The van der Waals surface area contributed by atoms with Crippen LogP contribution in [0, 0.1) is 0 Å². The maximum atomic E-state index is 11.8. The van der Waals surface area contributed by atoms with Crippen molar-refractivity contribution in [2.45, 2.75) is 52.2 Å². The van der Waals surface area contributed by atoms with E-state index < -0.39 is 5.60 Å². The van der Waals surface area contributed by atoms with Gasteiger partial charge in [0.25, 0.3) is 0 Å². The minimum atomic E-state index is -0.393. The van der Waals surface area contributed by atoms with Crippen molar-refractivity contribution in [1.82, 2.24) is 10.2 Å². The van der Waals surface area contributed by atoms with Crippen molar-refractivity contribution in [2.24, 2.45) is 0 Å². The Morgan fingerprint density at radius 3 is 2.29 bits per heavy atom. The second kappa shape index (κ2) is 7.07. The van der Waals surface area contributed by atoms with Crippen LogP contribution in [0.3, 0.4) is 0 Å². The molecule has 4 nitrogen and oxygen atoms in total. The summed E-state index contributed by atoms with van der Waals surface area (Å²) in [4.78, 5) is 13.6. The molecule has 0 aromatic rings. The third-order valence-electron chi connectivity index (χ3n) is 2.64. The number of piperidine rings is 1. The molecule has 1 heterocycles. The first-order valence-electron chi connectivity index (χ1n) is 6.13. The largest absolute Gasteiger partial charge is 0.444 e. The van der Waals surface area contributed by atoms with Gasteiger partial charge in [-0.25, -0.2) is 4.79 Å². The standard InChI is InChI=1S/C12H24N2O2.ClH/c1-5-13-10-6-8-14(9-7-10)11(15)16-12(2,3)4;/h10,13H,5-9H2,1-4H3;1H. The van der Waals surface area contributed by atoms with Gasteiger partial charge in [0, 0.05) is 19.1 Å². The fourth-order valence-corrected chi connectivity index (χ4v) is 1.88. The highest BCUT2D eigenvalue weighted by atomic mass is 35.5. The number of likely N-dealkylation sites (tertiary alicyclic amines) is 1. The van der Waals surface area contributed by atoms with Gasteiger partial charge in [-0.15, -0.1) is 12.4 Å². The van der Waals surface area contributed by atoms with E-state index in [4.69, 9.17) is 4.74 Å². The molecule has 1 fully saturated rings. The summed E-state index contributed by atoms with van der Waals surface area (Å²) in [5.41, 5.74) is -0.393. The first kappa shape index (κ1) is 16.5. The molecule has 0 bridgehead atoms. The molecule has 1 rings (SSSR count). The minimum absolute atomic E-state index is 0. The minimum Gasteiger partial charge on any atom is -0.444 e. The summed E-state index contributed by atoms with van der Waals surface area (Å²) in [5.74, 6) is 0.